The van der Waals surface area contributed by atoms with E-state index in [1.54, 1.807) is 6.33 Å². The van der Waals surface area contributed by atoms with Gasteiger partial charge >= 0.3 is 0 Å². The summed E-state index contributed by atoms with van der Waals surface area (Å²) in [5.74, 6) is 0.226. The summed E-state index contributed by atoms with van der Waals surface area (Å²) in [6.45, 7) is 8.36. The molecule has 1 aliphatic heterocycles. The van der Waals surface area contributed by atoms with Crippen molar-refractivity contribution in [2.75, 3.05) is 29.1 Å². The van der Waals surface area contributed by atoms with E-state index in [9.17, 15) is 4.79 Å². The highest BCUT2D eigenvalue weighted by atomic mass is 32.2. The lowest BCUT2D eigenvalue weighted by Gasteiger charge is -2.17. The maximum absolute atomic E-state index is 12.5. The fourth-order valence-corrected chi connectivity index (χ4v) is 4.28. The van der Waals surface area contributed by atoms with Crippen molar-refractivity contribution in [1.29, 1.82) is 0 Å². The number of hydrogen-bond acceptors (Lipinski definition) is 5. The third-order valence-electron chi connectivity index (χ3n) is 5.36. The van der Waals surface area contributed by atoms with Crippen LogP contribution in [0.2, 0.25) is 0 Å². The molecule has 0 bridgehead atoms. The molecule has 3 aromatic rings. The minimum Gasteiger partial charge on any atom is -0.371 e. The van der Waals surface area contributed by atoms with E-state index in [-0.39, 0.29) is 11.7 Å². The normalized spacial score (nSPS) is 12.9. The van der Waals surface area contributed by atoms with Gasteiger partial charge in [-0.05, 0) is 68.1 Å². The number of rotatable bonds is 6. The van der Waals surface area contributed by atoms with Crippen LogP contribution in [0, 0.1) is 13.8 Å². The van der Waals surface area contributed by atoms with Gasteiger partial charge in [-0.25, -0.2) is 0 Å². The Morgan fingerprint density at radius 2 is 2.03 bits per heavy atom. The number of nitrogens with one attached hydrogen (secondary N) is 1. The lowest BCUT2D eigenvalue weighted by Crippen LogP contribution is -2.19. The Morgan fingerprint density at radius 1 is 1.17 bits per heavy atom. The van der Waals surface area contributed by atoms with Crippen molar-refractivity contribution < 1.29 is 4.79 Å². The number of aromatic nitrogens is 3. The Morgan fingerprint density at radius 3 is 2.83 bits per heavy atom. The van der Waals surface area contributed by atoms with Crippen LogP contribution in [0.4, 0.5) is 11.4 Å². The van der Waals surface area contributed by atoms with Gasteiger partial charge in [-0.15, -0.1) is 10.2 Å². The van der Waals surface area contributed by atoms with Crippen molar-refractivity contribution in [2.24, 2.45) is 0 Å². The summed E-state index contributed by atoms with van der Waals surface area (Å²) in [5, 5.41) is 11.9. The molecule has 1 aromatic heterocycles. The molecular weight excluding hydrogens is 382 g/mol. The second kappa shape index (κ2) is 8.29. The van der Waals surface area contributed by atoms with Gasteiger partial charge in [-0.1, -0.05) is 23.9 Å². The molecule has 1 amide bonds. The molecule has 1 aliphatic rings. The van der Waals surface area contributed by atoms with Crippen LogP contribution in [0.25, 0.3) is 5.69 Å². The van der Waals surface area contributed by atoms with Crippen molar-refractivity contribution in [3.8, 4) is 5.69 Å². The molecular formula is C22H25N5OS. The first-order chi connectivity index (χ1) is 14.0. The number of carbonyl (C=O) groups excluding carboxylic acids is 1. The molecule has 0 unspecified atom stereocenters. The van der Waals surface area contributed by atoms with Crippen molar-refractivity contribution in [1.82, 2.24) is 14.8 Å². The monoisotopic (exact) mass is 407 g/mol. The van der Waals surface area contributed by atoms with E-state index >= 15 is 0 Å². The molecule has 0 aliphatic carbocycles. The van der Waals surface area contributed by atoms with Crippen molar-refractivity contribution >= 4 is 29.0 Å². The lowest BCUT2D eigenvalue weighted by atomic mass is 10.1. The highest BCUT2D eigenvalue weighted by Gasteiger charge is 2.18. The maximum Gasteiger partial charge on any atom is 0.234 e. The minimum absolute atomic E-state index is 0.0503. The van der Waals surface area contributed by atoms with Crippen LogP contribution < -0.4 is 10.2 Å². The number of hydrogen-bond donors (Lipinski definition) is 1. The topological polar surface area (TPSA) is 63.1 Å². The zero-order valence-electron chi connectivity index (χ0n) is 17.0. The Bertz CT molecular complexity index is 1050. The second-order valence-corrected chi connectivity index (χ2v) is 8.20. The van der Waals surface area contributed by atoms with E-state index in [4.69, 9.17) is 0 Å². The minimum atomic E-state index is -0.0503. The summed E-state index contributed by atoms with van der Waals surface area (Å²) in [6, 6.07) is 12.4. The Kier molecular flexibility index (Phi) is 5.58. The third-order valence-corrected chi connectivity index (χ3v) is 6.30. The average molecular weight is 408 g/mol. The second-order valence-electron chi connectivity index (χ2n) is 7.26. The molecule has 0 radical (unpaired) electrons. The number of nitrogens with zero attached hydrogens (tertiary/aromatic N) is 4. The lowest BCUT2D eigenvalue weighted by molar-refractivity contribution is -0.113. The molecule has 29 heavy (non-hydrogen) atoms. The summed E-state index contributed by atoms with van der Waals surface area (Å²) in [7, 11) is 0. The van der Waals surface area contributed by atoms with Crippen molar-refractivity contribution in [3.05, 3.63) is 59.4 Å². The summed E-state index contributed by atoms with van der Waals surface area (Å²) in [4.78, 5) is 14.8. The van der Waals surface area contributed by atoms with Crippen molar-refractivity contribution in [2.45, 2.75) is 32.3 Å². The zero-order chi connectivity index (χ0) is 20.4. The number of benzene rings is 2. The number of carbonyl (C=O) groups is 1. The van der Waals surface area contributed by atoms with Gasteiger partial charge in [0.25, 0.3) is 0 Å². The molecule has 2 aromatic carbocycles. The zero-order valence-corrected chi connectivity index (χ0v) is 17.8. The molecule has 0 saturated heterocycles. The number of anilines is 2. The van der Waals surface area contributed by atoms with Crippen LogP contribution in [0.15, 0.2) is 47.9 Å². The quantitative estimate of drug-likeness (QED) is 0.626. The first kappa shape index (κ1) is 19.5. The van der Waals surface area contributed by atoms with Gasteiger partial charge in [-0.2, -0.15) is 0 Å². The number of amides is 1. The first-order valence-corrected chi connectivity index (χ1v) is 10.8. The fourth-order valence-electron chi connectivity index (χ4n) is 3.55. The molecule has 6 nitrogen and oxygen atoms in total. The smallest absolute Gasteiger partial charge is 0.234 e. The van der Waals surface area contributed by atoms with E-state index in [1.165, 1.54) is 34.1 Å². The van der Waals surface area contributed by atoms with E-state index < -0.39 is 0 Å². The standard InChI is InChI=1S/C22H25N5OS/c1-4-26-10-9-17-6-7-18(12-20(17)26)24-21(28)13-29-22-25-23-14-27(22)19-8-5-15(2)16(3)11-19/h5-8,11-12,14H,4,9-10,13H2,1-3H3,(H,24,28). The van der Waals surface area contributed by atoms with Gasteiger partial charge in [0, 0.05) is 30.2 Å². The SMILES string of the molecule is CCN1CCc2ccc(NC(=O)CSc3nncn3-c3ccc(C)c(C)c3)cc21. The van der Waals surface area contributed by atoms with Gasteiger partial charge < -0.3 is 10.2 Å². The summed E-state index contributed by atoms with van der Waals surface area (Å²) in [5.41, 5.74) is 6.87. The van der Waals surface area contributed by atoms with E-state index in [2.05, 4.69) is 65.5 Å². The van der Waals surface area contributed by atoms with Crippen LogP contribution in [-0.2, 0) is 11.2 Å². The predicted molar refractivity (Wildman–Crippen MR) is 118 cm³/mol. The largest absolute Gasteiger partial charge is 0.371 e. The van der Waals surface area contributed by atoms with E-state index in [0.29, 0.717) is 5.16 Å². The van der Waals surface area contributed by atoms with Crippen LogP contribution in [0.5, 0.6) is 0 Å². The van der Waals surface area contributed by atoms with Gasteiger partial charge in [0.2, 0.25) is 5.91 Å². The third kappa shape index (κ3) is 4.15. The first-order valence-electron chi connectivity index (χ1n) is 9.83. The van der Waals surface area contributed by atoms with Crippen LogP contribution in [-0.4, -0.2) is 39.5 Å². The maximum atomic E-state index is 12.5. The Hall–Kier alpha value is -2.80. The van der Waals surface area contributed by atoms with Crippen LogP contribution >= 0.6 is 11.8 Å². The van der Waals surface area contributed by atoms with E-state index in [1.807, 2.05) is 16.7 Å². The molecule has 150 valence electrons. The molecule has 4 rings (SSSR count). The Labute approximate surface area is 175 Å². The average Bonchev–Trinajstić information content (AvgIpc) is 3.35. The van der Waals surface area contributed by atoms with Gasteiger partial charge in [0.05, 0.1) is 5.75 Å². The van der Waals surface area contributed by atoms with E-state index in [0.717, 1.165) is 30.9 Å². The number of fused-ring (bicyclic) bond motifs is 1. The van der Waals surface area contributed by atoms with Gasteiger partial charge in [-0.3, -0.25) is 9.36 Å². The van der Waals surface area contributed by atoms with Gasteiger partial charge in [0.15, 0.2) is 5.16 Å². The predicted octanol–water partition coefficient (Wildman–Crippen LogP) is 4.00. The molecule has 7 heteroatoms. The molecule has 0 fully saturated rings. The molecule has 2 heterocycles. The van der Waals surface area contributed by atoms with Crippen molar-refractivity contribution in [3.63, 3.8) is 0 Å². The molecule has 0 spiro atoms. The van der Waals surface area contributed by atoms with Gasteiger partial charge in [0.1, 0.15) is 6.33 Å². The fraction of sp³-hybridized carbons (Fsp3) is 0.318. The van der Waals surface area contributed by atoms with Crippen LogP contribution in [0.3, 0.4) is 0 Å². The number of aryl methyl sites for hydroxylation is 2. The number of thioether (sulfide) groups is 1. The molecule has 0 atom stereocenters. The Balaban J connectivity index is 1.41. The summed E-state index contributed by atoms with van der Waals surface area (Å²) in [6.07, 6.45) is 2.76. The highest BCUT2D eigenvalue weighted by molar-refractivity contribution is 7.99. The highest BCUT2D eigenvalue weighted by Crippen LogP contribution is 2.30. The number of likely N-dealkylation sites (N-methyl/N-ethyl adjacent to an activating group) is 1. The summed E-state index contributed by atoms with van der Waals surface area (Å²) >= 11 is 1.38. The molecule has 0 saturated carbocycles. The molecule has 1 N–H and O–H groups in total. The van der Waals surface area contributed by atoms with Crippen LogP contribution in [0.1, 0.15) is 23.6 Å². The summed E-state index contributed by atoms with van der Waals surface area (Å²) < 4.78 is 1.92.